The van der Waals surface area contributed by atoms with E-state index in [0.29, 0.717) is 6.54 Å². The van der Waals surface area contributed by atoms with Crippen molar-refractivity contribution >= 4 is 6.09 Å². The summed E-state index contributed by atoms with van der Waals surface area (Å²) in [6.07, 6.45) is 1.98. The van der Waals surface area contributed by atoms with E-state index >= 15 is 0 Å². The third-order valence-electron chi connectivity index (χ3n) is 2.48. The Hall–Kier alpha value is -0.810. The molecule has 0 saturated carbocycles. The Kier molecular flexibility index (Phi) is 8.76. The number of hydrogen-bond donors (Lipinski definition) is 2. The quantitative estimate of drug-likeness (QED) is 0.663. The van der Waals surface area contributed by atoms with Crippen molar-refractivity contribution in [1.29, 1.82) is 0 Å². The van der Waals surface area contributed by atoms with E-state index in [4.69, 9.17) is 4.74 Å². The number of ether oxygens (including phenoxy) is 1. The molecule has 1 unspecified atom stereocenters. The number of hydrogen-bond acceptors (Lipinski definition) is 4. The lowest BCUT2D eigenvalue weighted by Gasteiger charge is -2.21. The van der Waals surface area contributed by atoms with Gasteiger partial charge in [0.25, 0.3) is 0 Å². The number of carbonyl (C=O) groups excluding carboxylic acids is 1. The second kappa shape index (κ2) is 9.15. The average molecular weight is 273 g/mol. The van der Waals surface area contributed by atoms with E-state index in [9.17, 15) is 4.79 Å². The van der Waals surface area contributed by atoms with Crippen LogP contribution in [0.15, 0.2) is 0 Å². The number of nitrogens with zero attached hydrogens (tertiary/aromatic N) is 1. The molecule has 114 valence electrons. The summed E-state index contributed by atoms with van der Waals surface area (Å²) in [5, 5.41) is 6.15. The number of nitrogens with one attached hydrogen (secondary N) is 2. The summed E-state index contributed by atoms with van der Waals surface area (Å²) in [5.41, 5.74) is -0.438. The van der Waals surface area contributed by atoms with Crippen molar-refractivity contribution in [1.82, 2.24) is 15.5 Å². The van der Waals surface area contributed by atoms with Crippen LogP contribution >= 0.6 is 0 Å². The van der Waals surface area contributed by atoms with Gasteiger partial charge in [-0.3, -0.25) is 0 Å². The van der Waals surface area contributed by atoms with Crippen LogP contribution in [0.4, 0.5) is 4.79 Å². The average Bonchev–Trinajstić information content (AvgIpc) is 2.23. The van der Waals surface area contributed by atoms with E-state index < -0.39 is 5.60 Å². The molecule has 5 heteroatoms. The summed E-state index contributed by atoms with van der Waals surface area (Å²) in [4.78, 5) is 13.6. The molecule has 0 aliphatic carbocycles. The van der Waals surface area contributed by atoms with Crippen LogP contribution in [0.3, 0.4) is 0 Å². The second-order valence-electron chi connectivity index (χ2n) is 6.25. The fourth-order valence-electron chi connectivity index (χ4n) is 1.52. The summed E-state index contributed by atoms with van der Waals surface area (Å²) >= 11 is 0. The Balaban J connectivity index is 3.54. The van der Waals surface area contributed by atoms with Crippen LogP contribution in [0.2, 0.25) is 0 Å². The van der Waals surface area contributed by atoms with Gasteiger partial charge in [0.1, 0.15) is 5.60 Å². The highest BCUT2D eigenvalue weighted by Crippen LogP contribution is 2.06. The van der Waals surface area contributed by atoms with E-state index in [-0.39, 0.29) is 12.1 Å². The molecule has 1 amide bonds. The van der Waals surface area contributed by atoms with Crippen LogP contribution < -0.4 is 10.6 Å². The Morgan fingerprint density at radius 3 is 2.42 bits per heavy atom. The van der Waals surface area contributed by atoms with Crippen molar-refractivity contribution in [2.75, 3.05) is 33.7 Å². The molecule has 0 rings (SSSR count). The molecule has 0 saturated heterocycles. The van der Waals surface area contributed by atoms with Crippen molar-refractivity contribution in [2.45, 2.75) is 52.2 Å². The van der Waals surface area contributed by atoms with E-state index in [1.165, 1.54) is 6.42 Å². The summed E-state index contributed by atoms with van der Waals surface area (Å²) in [7, 11) is 4.17. The highest BCUT2D eigenvalue weighted by Gasteiger charge is 2.16. The van der Waals surface area contributed by atoms with Gasteiger partial charge in [0.2, 0.25) is 0 Å². The monoisotopic (exact) mass is 273 g/mol. The molecule has 1 atom stereocenters. The van der Waals surface area contributed by atoms with Gasteiger partial charge in [0.15, 0.2) is 0 Å². The van der Waals surface area contributed by atoms with Crippen molar-refractivity contribution in [3.8, 4) is 0 Å². The number of rotatable bonds is 8. The molecule has 0 aromatic rings. The van der Waals surface area contributed by atoms with Gasteiger partial charge in [-0.05, 0) is 67.7 Å². The van der Waals surface area contributed by atoms with Gasteiger partial charge in [-0.15, -0.1) is 0 Å². The summed E-state index contributed by atoms with van der Waals surface area (Å²) in [5.74, 6) is 0. The zero-order valence-electron chi connectivity index (χ0n) is 13.4. The molecule has 19 heavy (non-hydrogen) atoms. The van der Waals surface area contributed by atoms with E-state index in [0.717, 1.165) is 19.5 Å². The van der Waals surface area contributed by atoms with Crippen LogP contribution in [0.5, 0.6) is 0 Å². The molecule has 0 aromatic carbocycles. The highest BCUT2D eigenvalue weighted by molar-refractivity contribution is 5.67. The van der Waals surface area contributed by atoms with Crippen LogP contribution in [0.1, 0.15) is 40.5 Å². The maximum atomic E-state index is 11.4. The molecular formula is C14H31N3O2. The lowest BCUT2D eigenvalue weighted by atomic mass is 10.2. The van der Waals surface area contributed by atoms with Crippen molar-refractivity contribution in [2.24, 2.45) is 0 Å². The molecule has 0 spiro atoms. The minimum absolute atomic E-state index is 0.256. The van der Waals surface area contributed by atoms with Crippen molar-refractivity contribution in [3.63, 3.8) is 0 Å². The zero-order valence-corrected chi connectivity index (χ0v) is 13.4. The number of amides is 1. The van der Waals surface area contributed by atoms with Gasteiger partial charge in [-0.1, -0.05) is 0 Å². The second-order valence-corrected chi connectivity index (χ2v) is 6.25. The van der Waals surface area contributed by atoms with Gasteiger partial charge >= 0.3 is 6.09 Å². The SMILES string of the molecule is CC(CNC(=O)OC(C)(C)C)NCCCCN(C)C. The molecule has 0 heterocycles. The topological polar surface area (TPSA) is 53.6 Å². The highest BCUT2D eigenvalue weighted by atomic mass is 16.6. The number of carbonyl (C=O) groups is 1. The third-order valence-corrected chi connectivity index (χ3v) is 2.48. The first-order valence-corrected chi connectivity index (χ1v) is 7.05. The molecule has 0 radical (unpaired) electrons. The van der Waals surface area contributed by atoms with E-state index in [1.54, 1.807) is 0 Å². The summed E-state index contributed by atoms with van der Waals surface area (Å²) < 4.78 is 5.17. The first-order chi connectivity index (χ1) is 8.70. The first kappa shape index (κ1) is 18.2. The minimum atomic E-state index is -0.438. The smallest absolute Gasteiger partial charge is 0.407 e. The van der Waals surface area contributed by atoms with Crippen LogP contribution in [0.25, 0.3) is 0 Å². The lowest BCUT2D eigenvalue weighted by molar-refractivity contribution is 0.0523. The molecule has 0 fully saturated rings. The molecule has 0 aliphatic rings. The maximum absolute atomic E-state index is 11.4. The maximum Gasteiger partial charge on any atom is 0.407 e. The molecule has 0 bridgehead atoms. The van der Waals surface area contributed by atoms with Crippen LogP contribution in [0, 0.1) is 0 Å². The van der Waals surface area contributed by atoms with Crippen molar-refractivity contribution < 1.29 is 9.53 Å². The Bertz CT molecular complexity index is 250. The standard InChI is InChI=1S/C14H31N3O2/c1-12(15-9-7-8-10-17(5)6)11-16-13(18)19-14(2,3)4/h12,15H,7-11H2,1-6H3,(H,16,18). The normalized spacial score (nSPS) is 13.4. The molecule has 0 aromatic heterocycles. The van der Waals surface area contributed by atoms with Gasteiger partial charge in [-0.2, -0.15) is 0 Å². The predicted octanol–water partition coefficient (Wildman–Crippen LogP) is 1.83. The number of unbranched alkanes of at least 4 members (excludes halogenated alkanes) is 1. The van der Waals surface area contributed by atoms with Crippen LogP contribution in [-0.4, -0.2) is 56.4 Å². The third kappa shape index (κ3) is 13.4. The van der Waals surface area contributed by atoms with Gasteiger partial charge < -0.3 is 20.3 Å². The Labute approximate surface area is 118 Å². The van der Waals surface area contributed by atoms with Crippen LogP contribution in [-0.2, 0) is 4.74 Å². The van der Waals surface area contributed by atoms with Gasteiger partial charge in [0.05, 0.1) is 0 Å². The van der Waals surface area contributed by atoms with E-state index in [1.807, 2.05) is 20.8 Å². The zero-order chi connectivity index (χ0) is 14.9. The predicted molar refractivity (Wildman–Crippen MR) is 79.5 cm³/mol. The first-order valence-electron chi connectivity index (χ1n) is 7.05. The largest absolute Gasteiger partial charge is 0.444 e. The molecular weight excluding hydrogens is 242 g/mol. The van der Waals surface area contributed by atoms with Crippen molar-refractivity contribution in [3.05, 3.63) is 0 Å². The molecule has 5 nitrogen and oxygen atoms in total. The fourth-order valence-corrected chi connectivity index (χ4v) is 1.52. The minimum Gasteiger partial charge on any atom is -0.444 e. The number of alkyl carbamates (subject to hydrolysis) is 1. The summed E-state index contributed by atoms with van der Waals surface area (Å²) in [6.45, 7) is 10.3. The van der Waals surface area contributed by atoms with Gasteiger partial charge in [0, 0.05) is 12.6 Å². The Morgan fingerprint density at radius 1 is 1.26 bits per heavy atom. The summed E-state index contributed by atoms with van der Waals surface area (Å²) in [6, 6.07) is 0.256. The fraction of sp³-hybridized carbons (Fsp3) is 0.929. The molecule has 2 N–H and O–H groups in total. The lowest BCUT2D eigenvalue weighted by Crippen LogP contribution is -2.41. The Morgan fingerprint density at radius 2 is 1.89 bits per heavy atom. The molecule has 0 aliphatic heterocycles. The van der Waals surface area contributed by atoms with E-state index in [2.05, 4.69) is 36.6 Å². The van der Waals surface area contributed by atoms with Gasteiger partial charge in [-0.25, -0.2) is 4.79 Å².